The van der Waals surface area contributed by atoms with Crippen LogP contribution in [0, 0.1) is 13.8 Å². The van der Waals surface area contributed by atoms with E-state index in [1.165, 1.54) is 11.8 Å². The number of methoxy groups -OCH3 is 1. The van der Waals surface area contributed by atoms with Gasteiger partial charge < -0.3 is 14.6 Å². The van der Waals surface area contributed by atoms with Crippen molar-refractivity contribution in [1.82, 2.24) is 9.88 Å². The number of rotatable bonds is 3. The molecule has 0 unspecified atom stereocenters. The van der Waals surface area contributed by atoms with Crippen molar-refractivity contribution in [1.29, 1.82) is 0 Å². The van der Waals surface area contributed by atoms with Crippen molar-refractivity contribution in [3.05, 3.63) is 52.2 Å². The van der Waals surface area contributed by atoms with Crippen molar-refractivity contribution in [3.63, 3.8) is 0 Å². The Morgan fingerprint density at radius 1 is 1.25 bits per heavy atom. The van der Waals surface area contributed by atoms with Crippen molar-refractivity contribution in [2.75, 3.05) is 7.11 Å². The van der Waals surface area contributed by atoms with Gasteiger partial charge in [-0.05, 0) is 67.6 Å². The fourth-order valence-corrected chi connectivity index (χ4v) is 3.26. The highest BCUT2D eigenvalue weighted by Crippen LogP contribution is 2.29. The maximum atomic E-state index is 12.2. The molecule has 0 aliphatic carbocycles. The number of benzene rings is 1. The standard InChI is InChI=1S/C18H19N3O2S/c1-11-9-13(12(2)21(11)3)10-16-17(22)20-18(24-16)19-14-5-7-15(23-4)8-6-14/h5-10H,1-4H3,(H,19,20,22)/b16-10-. The number of hydrogen-bond acceptors (Lipinski definition) is 4. The van der Waals surface area contributed by atoms with Crippen LogP contribution in [0.25, 0.3) is 6.08 Å². The lowest BCUT2D eigenvalue weighted by molar-refractivity contribution is -0.115. The minimum atomic E-state index is -0.117. The summed E-state index contributed by atoms with van der Waals surface area (Å²) in [6.45, 7) is 4.09. The summed E-state index contributed by atoms with van der Waals surface area (Å²) in [5.74, 6) is 0.658. The predicted octanol–water partition coefficient (Wildman–Crippen LogP) is 3.54. The van der Waals surface area contributed by atoms with E-state index in [0.29, 0.717) is 10.1 Å². The summed E-state index contributed by atoms with van der Waals surface area (Å²) in [5, 5.41) is 3.39. The zero-order chi connectivity index (χ0) is 17.3. The van der Waals surface area contributed by atoms with Gasteiger partial charge in [0.2, 0.25) is 0 Å². The Morgan fingerprint density at radius 3 is 2.54 bits per heavy atom. The van der Waals surface area contributed by atoms with Crippen molar-refractivity contribution in [2.24, 2.45) is 12.0 Å². The number of nitrogens with zero attached hydrogens (tertiary/aromatic N) is 2. The van der Waals surface area contributed by atoms with Crippen molar-refractivity contribution < 1.29 is 9.53 Å². The summed E-state index contributed by atoms with van der Waals surface area (Å²) < 4.78 is 7.24. The monoisotopic (exact) mass is 341 g/mol. The number of aryl methyl sites for hydroxylation is 1. The Labute approximate surface area is 145 Å². The highest BCUT2D eigenvalue weighted by Gasteiger charge is 2.24. The van der Waals surface area contributed by atoms with E-state index in [2.05, 4.69) is 20.9 Å². The number of nitrogens with one attached hydrogen (secondary N) is 1. The first kappa shape index (κ1) is 16.4. The third kappa shape index (κ3) is 3.23. The highest BCUT2D eigenvalue weighted by atomic mass is 32.2. The van der Waals surface area contributed by atoms with Gasteiger partial charge in [0, 0.05) is 18.4 Å². The van der Waals surface area contributed by atoms with Crippen LogP contribution < -0.4 is 10.1 Å². The topological polar surface area (TPSA) is 55.6 Å². The first-order valence-electron chi connectivity index (χ1n) is 7.54. The molecule has 1 aliphatic rings. The van der Waals surface area contributed by atoms with Gasteiger partial charge in [-0.1, -0.05) is 0 Å². The molecule has 2 aromatic rings. The number of aliphatic imine (C=N–C) groups is 1. The van der Waals surface area contributed by atoms with Crippen molar-refractivity contribution in [2.45, 2.75) is 13.8 Å². The molecular formula is C18H19N3O2S. The van der Waals surface area contributed by atoms with Gasteiger partial charge in [-0.2, -0.15) is 0 Å². The summed E-state index contributed by atoms with van der Waals surface area (Å²) in [5.41, 5.74) is 4.12. The van der Waals surface area contributed by atoms with Crippen LogP contribution in [0.3, 0.4) is 0 Å². The number of amides is 1. The Morgan fingerprint density at radius 2 is 1.96 bits per heavy atom. The number of aromatic nitrogens is 1. The molecule has 3 rings (SSSR count). The van der Waals surface area contributed by atoms with E-state index in [4.69, 9.17) is 4.74 Å². The minimum Gasteiger partial charge on any atom is -0.497 e. The van der Waals surface area contributed by atoms with Crippen LogP contribution in [0.2, 0.25) is 0 Å². The zero-order valence-corrected chi connectivity index (χ0v) is 14.9. The molecule has 1 aromatic carbocycles. The Balaban J connectivity index is 1.83. The van der Waals surface area contributed by atoms with Gasteiger partial charge in [0.15, 0.2) is 5.17 Å². The first-order valence-corrected chi connectivity index (χ1v) is 8.36. The summed E-state index contributed by atoms with van der Waals surface area (Å²) >= 11 is 1.35. The maximum absolute atomic E-state index is 12.2. The Hall–Kier alpha value is -2.47. The lowest BCUT2D eigenvalue weighted by Gasteiger charge is -2.00. The maximum Gasteiger partial charge on any atom is 0.264 e. The molecule has 5 nitrogen and oxygen atoms in total. The number of carbonyl (C=O) groups excluding carboxylic acids is 1. The van der Waals surface area contributed by atoms with Gasteiger partial charge in [0.1, 0.15) is 5.75 Å². The van der Waals surface area contributed by atoms with Crippen LogP contribution in [0.1, 0.15) is 17.0 Å². The molecule has 0 saturated carbocycles. The molecule has 1 aromatic heterocycles. The molecule has 1 aliphatic heterocycles. The summed E-state index contributed by atoms with van der Waals surface area (Å²) in [6.07, 6.45) is 1.92. The third-order valence-electron chi connectivity index (χ3n) is 4.05. The molecule has 1 fully saturated rings. The molecule has 6 heteroatoms. The molecule has 1 saturated heterocycles. The van der Waals surface area contributed by atoms with Gasteiger partial charge in [-0.15, -0.1) is 0 Å². The molecule has 1 N–H and O–H groups in total. The van der Waals surface area contributed by atoms with E-state index in [1.807, 2.05) is 51.2 Å². The van der Waals surface area contributed by atoms with Gasteiger partial charge in [0.05, 0.1) is 17.7 Å². The average Bonchev–Trinajstić information content (AvgIpc) is 3.03. The fourth-order valence-electron chi connectivity index (χ4n) is 2.43. The molecule has 2 heterocycles. The van der Waals surface area contributed by atoms with E-state index < -0.39 is 0 Å². The van der Waals surface area contributed by atoms with Gasteiger partial charge in [-0.3, -0.25) is 4.79 Å². The van der Waals surface area contributed by atoms with Crippen LogP contribution in [0.15, 0.2) is 40.2 Å². The second-order valence-corrected chi connectivity index (χ2v) is 6.60. The quantitative estimate of drug-likeness (QED) is 0.869. The molecule has 0 spiro atoms. The second kappa shape index (κ2) is 6.57. The number of amidine groups is 1. The lowest BCUT2D eigenvalue weighted by Crippen LogP contribution is -2.19. The molecule has 1 amide bonds. The number of hydrogen-bond donors (Lipinski definition) is 1. The van der Waals surface area contributed by atoms with Gasteiger partial charge in [-0.25, -0.2) is 4.99 Å². The zero-order valence-electron chi connectivity index (χ0n) is 14.1. The third-order valence-corrected chi connectivity index (χ3v) is 4.96. The van der Waals surface area contributed by atoms with Crippen molar-refractivity contribution >= 4 is 34.6 Å². The van der Waals surface area contributed by atoms with E-state index in [-0.39, 0.29) is 5.91 Å². The Bertz CT molecular complexity index is 848. The molecule has 0 radical (unpaired) electrons. The summed E-state index contributed by atoms with van der Waals surface area (Å²) in [7, 11) is 3.64. The SMILES string of the molecule is COc1ccc(N=C2NC(=O)/C(=C/c3cc(C)n(C)c3C)S2)cc1. The summed E-state index contributed by atoms with van der Waals surface area (Å²) in [6, 6.07) is 9.46. The molecule has 0 atom stereocenters. The van der Waals surface area contributed by atoms with Gasteiger partial charge in [0.25, 0.3) is 5.91 Å². The molecule has 124 valence electrons. The largest absolute Gasteiger partial charge is 0.497 e. The molecular weight excluding hydrogens is 322 g/mol. The minimum absolute atomic E-state index is 0.117. The number of thioether (sulfide) groups is 1. The van der Waals surface area contributed by atoms with E-state index in [9.17, 15) is 4.79 Å². The lowest BCUT2D eigenvalue weighted by atomic mass is 10.2. The number of carbonyl (C=O) groups is 1. The second-order valence-electron chi connectivity index (χ2n) is 5.57. The van der Waals surface area contributed by atoms with E-state index in [1.54, 1.807) is 7.11 Å². The normalized spacial score (nSPS) is 17.6. The van der Waals surface area contributed by atoms with E-state index in [0.717, 1.165) is 28.4 Å². The average molecular weight is 341 g/mol. The smallest absolute Gasteiger partial charge is 0.264 e. The Kier molecular flexibility index (Phi) is 4.49. The van der Waals surface area contributed by atoms with Crippen molar-refractivity contribution in [3.8, 4) is 5.75 Å². The van der Waals surface area contributed by atoms with Crippen LogP contribution >= 0.6 is 11.8 Å². The van der Waals surface area contributed by atoms with Crippen LogP contribution in [0.4, 0.5) is 5.69 Å². The number of ether oxygens (including phenoxy) is 1. The highest BCUT2D eigenvalue weighted by molar-refractivity contribution is 8.18. The van der Waals surface area contributed by atoms with E-state index >= 15 is 0 Å². The van der Waals surface area contributed by atoms with Crippen LogP contribution in [-0.2, 0) is 11.8 Å². The predicted molar refractivity (Wildman–Crippen MR) is 98.7 cm³/mol. The molecule has 0 bridgehead atoms. The summed E-state index contributed by atoms with van der Waals surface area (Å²) in [4.78, 5) is 17.3. The molecule has 24 heavy (non-hydrogen) atoms. The van der Waals surface area contributed by atoms with Crippen LogP contribution in [-0.4, -0.2) is 22.8 Å². The first-order chi connectivity index (χ1) is 11.5. The fraction of sp³-hybridized carbons (Fsp3) is 0.222. The van der Waals surface area contributed by atoms with Gasteiger partial charge >= 0.3 is 0 Å². The van der Waals surface area contributed by atoms with Crippen LogP contribution in [0.5, 0.6) is 5.75 Å².